The van der Waals surface area contributed by atoms with E-state index in [0.717, 1.165) is 16.5 Å². The average Bonchev–Trinajstić information content (AvgIpc) is 3.26. The molecule has 0 saturated heterocycles. The van der Waals surface area contributed by atoms with Gasteiger partial charge in [-0.25, -0.2) is 4.79 Å². The summed E-state index contributed by atoms with van der Waals surface area (Å²) < 4.78 is 0. The molecular formula is C26H37N5O7. The van der Waals surface area contributed by atoms with Gasteiger partial charge in [0.25, 0.3) is 0 Å². The number of benzene rings is 1. The summed E-state index contributed by atoms with van der Waals surface area (Å²) in [5.74, 6) is -5.40. The fourth-order valence-electron chi connectivity index (χ4n) is 4.00. The van der Waals surface area contributed by atoms with E-state index in [1.54, 1.807) is 27.0 Å². The van der Waals surface area contributed by atoms with Crippen LogP contribution in [0.3, 0.4) is 0 Å². The van der Waals surface area contributed by atoms with Gasteiger partial charge in [-0.05, 0) is 23.5 Å². The molecule has 8 N–H and O–H groups in total. The van der Waals surface area contributed by atoms with E-state index >= 15 is 0 Å². The Morgan fingerprint density at radius 3 is 2.11 bits per heavy atom. The maximum atomic E-state index is 13.3. The number of nitrogens with two attached hydrogens (primary N) is 1. The molecule has 12 nitrogen and oxygen atoms in total. The zero-order chi connectivity index (χ0) is 28.6. The Balaban J connectivity index is 2.18. The molecule has 5 atom stereocenters. The highest BCUT2D eigenvalue weighted by Gasteiger charge is 2.34. The molecule has 1 aromatic carbocycles. The van der Waals surface area contributed by atoms with Crippen LogP contribution in [0.1, 0.15) is 46.1 Å². The van der Waals surface area contributed by atoms with Crippen LogP contribution in [0.2, 0.25) is 0 Å². The monoisotopic (exact) mass is 531 g/mol. The zero-order valence-corrected chi connectivity index (χ0v) is 22.0. The van der Waals surface area contributed by atoms with Crippen LogP contribution < -0.4 is 21.7 Å². The topological polar surface area (TPSA) is 204 Å². The van der Waals surface area contributed by atoms with E-state index < -0.39 is 66.2 Å². The predicted octanol–water partition coefficient (Wildman–Crippen LogP) is 0.754. The van der Waals surface area contributed by atoms with E-state index in [1.165, 1.54) is 0 Å². The molecule has 1 heterocycles. The first-order valence-electron chi connectivity index (χ1n) is 12.5. The van der Waals surface area contributed by atoms with Crippen LogP contribution in [0, 0.1) is 11.8 Å². The number of aliphatic carboxylic acids is 2. The molecule has 0 aliphatic carbocycles. The Morgan fingerprint density at radius 2 is 1.53 bits per heavy atom. The molecule has 0 bridgehead atoms. The number of para-hydroxylation sites is 1. The van der Waals surface area contributed by atoms with Crippen molar-refractivity contribution in [3.63, 3.8) is 0 Å². The molecule has 0 saturated carbocycles. The molecule has 0 aliphatic heterocycles. The summed E-state index contributed by atoms with van der Waals surface area (Å²) >= 11 is 0. The van der Waals surface area contributed by atoms with Gasteiger partial charge in [0.05, 0.1) is 12.5 Å². The van der Waals surface area contributed by atoms with Gasteiger partial charge in [0.2, 0.25) is 17.7 Å². The van der Waals surface area contributed by atoms with Gasteiger partial charge in [0.15, 0.2) is 0 Å². The lowest BCUT2D eigenvalue weighted by Crippen LogP contribution is -2.60. The fraction of sp³-hybridized carbons (Fsp3) is 0.500. The molecule has 0 spiro atoms. The molecule has 208 valence electrons. The number of amides is 3. The molecule has 5 unspecified atom stereocenters. The average molecular weight is 532 g/mol. The first kappa shape index (κ1) is 30.3. The van der Waals surface area contributed by atoms with Gasteiger partial charge in [0.1, 0.15) is 18.1 Å². The van der Waals surface area contributed by atoms with Crippen LogP contribution in [0.25, 0.3) is 10.9 Å². The smallest absolute Gasteiger partial charge is 0.326 e. The van der Waals surface area contributed by atoms with Gasteiger partial charge in [-0.1, -0.05) is 52.3 Å². The zero-order valence-electron chi connectivity index (χ0n) is 22.0. The number of nitrogens with one attached hydrogen (secondary N) is 4. The number of H-pyrrole nitrogens is 1. The highest BCUT2D eigenvalue weighted by atomic mass is 16.4. The quantitative estimate of drug-likeness (QED) is 0.185. The van der Waals surface area contributed by atoms with Crippen LogP contribution in [0.5, 0.6) is 0 Å². The van der Waals surface area contributed by atoms with Crippen molar-refractivity contribution < 1.29 is 34.2 Å². The van der Waals surface area contributed by atoms with Crippen molar-refractivity contribution in [3.8, 4) is 0 Å². The molecule has 3 amide bonds. The summed E-state index contributed by atoms with van der Waals surface area (Å²) in [7, 11) is 0. The fourth-order valence-corrected chi connectivity index (χ4v) is 4.00. The summed E-state index contributed by atoms with van der Waals surface area (Å²) in [5.41, 5.74) is 7.17. The third-order valence-electron chi connectivity index (χ3n) is 6.48. The minimum absolute atomic E-state index is 0.0262. The minimum atomic E-state index is -1.35. The van der Waals surface area contributed by atoms with Crippen LogP contribution in [0.15, 0.2) is 30.5 Å². The normalized spacial score (nSPS) is 15.2. The van der Waals surface area contributed by atoms with Gasteiger partial charge in [-0.15, -0.1) is 0 Å². The Morgan fingerprint density at radius 1 is 0.921 bits per heavy atom. The van der Waals surface area contributed by atoms with E-state index in [0.29, 0.717) is 6.42 Å². The lowest BCUT2D eigenvalue weighted by Gasteiger charge is -2.29. The van der Waals surface area contributed by atoms with Crippen LogP contribution in [0.4, 0.5) is 0 Å². The number of carboxylic acid groups (broad SMARTS) is 2. The number of rotatable bonds is 14. The van der Waals surface area contributed by atoms with Crippen LogP contribution >= 0.6 is 0 Å². The van der Waals surface area contributed by atoms with Gasteiger partial charge in [-0.2, -0.15) is 0 Å². The first-order valence-corrected chi connectivity index (χ1v) is 12.5. The SMILES string of the molecule is CCC(C)C(NC(=O)C(NC(=O)C(N)CC(=O)O)C(C)C)C(=O)NC(Cc1c[nH]c2ccccc12)C(=O)O. The molecule has 38 heavy (non-hydrogen) atoms. The number of carboxylic acids is 2. The second kappa shape index (κ2) is 13.6. The third-order valence-corrected chi connectivity index (χ3v) is 6.48. The number of carbonyl (C=O) groups is 5. The number of hydrogen-bond acceptors (Lipinski definition) is 6. The van der Waals surface area contributed by atoms with Crippen molar-refractivity contribution in [1.82, 2.24) is 20.9 Å². The van der Waals surface area contributed by atoms with Crippen LogP contribution in [-0.4, -0.2) is 69.0 Å². The number of fused-ring (bicyclic) bond motifs is 1. The third kappa shape index (κ3) is 8.04. The van der Waals surface area contributed by atoms with Crippen molar-refractivity contribution in [2.45, 2.75) is 71.1 Å². The van der Waals surface area contributed by atoms with E-state index in [4.69, 9.17) is 10.8 Å². The minimum Gasteiger partial charge on any atom is -0.481 e. The van der Waals surface area contributed by atoms with Gasteiger partial charge < -0.3 is 36.9 Å². The molecule has 12 heteroatoms. The van der Waals surface area contributed by atoms with Crippen molar-refractivity contribution in [1.29, 1.82) is 0 Å². The summed E-state index contributed by atoms with van der Waals surface area (Å²) in [5, 5.41) is 27.2. The van der Waals surface area contributed by atoms with Crippen molar-refractivity contribution in [2.75, 3.05) is 0 Å². The summed E-state index contributed by atoms with van der Waals surface area (Å²) in [6.45, 7) is 6.91. The van der Waals surface area contributed by atoms with Crippen molar-refractivity contribution in [3.05, 3.63) is 36.0 Å². The molecule has 0 aliphatic rings. The van der Waals surface area contributed by atoms with E-state index in [9.17, 15) is 29.1 Å². The maximum Gasteiger partial charge on any atom is 0.326 e. The molecule has 0 radical (unpaired) electrons. The molecule has 0 fully saturated rings. The number of carbonyl (C=O) groups excluding carboxylic acids is 3. The summed E-state index contributed by atoms with van der Waals surface area (Å²) in [4.78, 5) is 64.7. The Labute approximate surface area is 220 Å². The second-order valence-electron chi connectivity index (χ2n) is 9.77. The molecule has 1 aromatic heterocycles. The number of aromatic amines is 1. The largest absolute Gasteiger partial charge is 0.481 e. The van der Waals surface area contributed by atoms with Gasteiger partial charge >= 0.3 is 11.9 Å². The van der Waals surface area contributed by atoms with Gasteiger partial charge in [0, 0.05) is 23.5 Å². The lowest BCUT2D eigenvalue weighted by molar-refractivity contribution is -0.142. The number of aromatic nitrogens is 1. The standard InChI is InChI=1S/C26H37N5O7/c1-5-14(4)22(31-24(35)21(13(2)3)30-23(34)17(27)11-20(32)33)25(36)29-19(26(37)38)10-15-12-28-18-9-7-6-8-16(15)18/h6-9,12-14,17,19,21-22,28H,5,10-11,27H2,1-4H3,(H,29,36)(H,30,34)(H,31,35)(H,32,33)(H,37,38). The molecular weight excluding hydrogens is 494 g/mol. The van der Waals surface area contributed by atoms with Crippen LogP contribution in [-0.2, 0) is 30.4 Å². The van der Waals surface area contributed by atoms with E-state index in [-0.39, 0.29) is 12.3 Å². The highest BCUT2D eigenvalue weighted by molar-refractivity contribution is 5.95. The van der Waals surface area contributed by atoms with Crippen molar-refractivity contribution >= 4 is 40.6 Å². The van der Waals surface area contributed by atoms with Gasteiger partial charge in [-0.3, -0.25) is 19.2 Å². The highest BCUT2D eigenvalue weighted by Crippen LogP contribution is 2.19. The molecule has 2 aromatic rings. The van der Waals surface area contributed by atoms with E-state index in [1.807, 2.05) is 31.2 Å². The van der Waals surface area contributed by atoms with Crippen molar-refractivity contribution in [2.24, 2.45) is 17.6 Å². The second-order valence-corrected chi connectivity index (χ2v) is 9.77. The van der Waals surface area contributed by atoms with E-state index in [2.05, 4.69) is 20.9 Å². The molecule has 2 rings (SSSR count). The summed E-state index contributed by atoms with van der Waals surface area (Å²) in [6, 6.07) is 2.63. The Kier molecular flexibility index (Phi) is 10.8. The first-order chi connectivity index (χ1) is 17.8. The lowest BCUT2D eigenvalue weighted by atomic mass is 9.95. The Hall–Kier alpha value is -3.93. The Bertz CT molecular complexity index is 1160. The summed E-state index contributed by atoms with van der Waals surface area (Å²) in [6.07, 6.45) is 1.62. The number of hydrogen-bond donors (Lipinski definition) is 7. The predicted molar refractivity (Wildman–Crippen MR) is 140 cm³/mol. The maximum absolute atomic E-state index is 13.3.